The Kier molecular flexibility index (Phi) is 6.03. The fraction of sp³-hybridized carbons (Fsp3) is 0.424. The number of anilines is 1. The summed E-state index contributed by atoms with van der Waals surface area (Å²) in [5, 5.41) is 20.5. The number of benzene rings is 2. The maximum Gasteiger partial charge on any atom is 0.344 e. The highest BCUT2D eigenvalue weighted by Crippen LogP contribution is 2.42. The van der Waals surface area contributed by atoms with Crippen LogP contribution in [0, 0.1) is 13.8 Å². The summed E-state index contributed by atoms with van der Waals surface area (Å²) in [4.78, 5) is 16.1. The van der Waals surface area contributed by atoms with E-state index >= 15 is 0 Å². The Morgan fingerprint density at radius 3 is 2.56 bits per heavy atom. The summed E-state index contributed by atoms with van der Waals surface area (Å²) in [5.74, 6) is 0. The minimum Gasteiger partial charge on any atom is -0.422 e. The van der Waals surface area contributed by atoms with E-state index in [1.165, 1.54) is 34.4 Å². The minimum atomic E-state index is -0.277. The zero-order chi connectivity index (χ0) is 26.7. The van der Waals surface area contributed by atoms with Gasteiger partial charge in [-0.25, -0.2) is 4.79 Å². The molecule has 0 amide bonds. The Balaban J connectivity index is 1.37. The van der Waals surface area contributed by atoms with Crippen LogP contribution in [0.1, 0.15) is 65.6 Å². The summed E-state index contributed by atoms with van der Waals surface area (Å²) < 4.78 is 6.16. The Hall–Kier alpha value is -3.51. The number of nitrogens with zero attached hydrogens (tertiary/aromatic N) is 3. The van der Waals surface area contributed by atoms with Gasteiger partial charge < -0.3 is 14.4 Å². The highest BCUT2D eigenvalue weighted by atomic mass is 16.4. The lowest BCUT2D eigenvalue weighted by atomic mass is 9.87. The SMILES string of the molecule is Cc1nnc(-c2cccc(-c3c(C)c4cc5c6c(c4oc3=O)CCCN6CCC5)c2)c2c1CCC(O)CCC2. The third-order valence-corrected chi connectivity index (χ3v) is 9.15. The van der Waals surface area contributed by atoms with Gasteiger partial charge in [0.15, 0.2) is 0 Å². The van der Waals surface area contributed by atoms with Gasteiger partial charge in [0.25, 0.3) is 0 Å². The molecule has 0 radical (unpaired) electrons. The zero-order valence-electron chi connectivity index (χ0n) is 22.8. The molecule has 0 saturated carbocycles. The fourth-order valence-electron chi connectivity index (χ4n) is 7.22. The fourth-order valence-corrected chi connectivity index (χ4v) is 7.22. The second kappa shape index (κ2) is 9.60. The molecule has 0 bridgehead atoms. The molecule has 1 unspecified atom stereocenters. The van der Waals surface area contributed by atoms with Gasteiger partial charge in [0.05, 0.1) is 23.1 Å². The molecule has 3 aliphatic rings. The second-order valence-electron chi connectivity index (χ2n) is 11.6. The van der Waals surface area contributed by atoms with E-state index in [1.807, 2.05) is 19.1 Å². The quantitative estimate of drug-likeness (QED) is 0.333. The molecule has 1 atom stereocenters. The van der Waals surface area contributed by atoms with Crippen LogP contribution in [0.3, 0.4) is 0 Å². The summed E-state index contributed by atoms with van der Waals surface area (Å²) in [7, 11) is 0. The molecule has 4 heterocycles. The number of aryl methyl sites for hydroxylation is 4. The summed E-state index contributed by atoms with van der Waals surface area (Å²) in [6, 6.07) is 10.4. The molecule has 2 aliphatic heterocycles. The number of fused-ring (bicyclic) bond motifs is 3. The van der Waals surface area contributed by atoms with E-state index in [1.54, 1.807) is 0 Å². The number of aliphatic hydroxyl groups excluding tert-OH is 1. The van der Waals surface area contributed by atoms with Gasteiger partial charge in [0, 0.05) is 35.3 Å². The number of hydrogen-bond acceptors (Lipinski definition) is 6. The predicted molar refractivity (Wildman–Crippen MR) is 155 cm³/mol. The van der Waals surface area contributed by atoms with Gasteiger partial charge in [0.2, 0.25) is 0 Å². The van der Waals surface area contributed by atoms with Crippen LogP contribution in [0.15, 0.2) is 39.5 Å². The first-order valence-corrected chi connectivity index (χ1v) is 14.5. The van der Waals surface area contributed by atoms with Crippen molar-refractivity contribution in [2.24, 2.45) is 0 Å². The van der Waals surface area contributed by atoms with Crippen molar-refractivity contribution in [2.45, 2.75) is 77.7 Å². The maximum atomic E-state index is 13.6. The van der Waals surface area contributed by atoms with Gasteiger partial charge >= 0.3 is 5.63 Å². The van der Waals surface area contributed by atoms with Crippen molar-refractivity contribution in [3.8, 4) is 22.4 Å². The smallest absolute Gasteiger partial charge is 0.344 e. The highest BCUT2D eigenvalue weighted by molar-refractivity contribution is 5.94. The van der Waals surface area contributed by atoms with Crippen molar-refractivity contribution in [1.82, 2.24) is 10.2 Å². The molecule has 2 aromatic heterocycles. The Labute approximate surface area is 228 Å². The normalized spacial score (nSPS) is 18.8. The second-order valence-corrected chi connectivity index (χ2v) is 11.6. The minimum absolute atomic E-state index is 0.254. The average molecular weight is 522 g/mol. The molecule has 39 heavy (non-hydrogen) atoms. The number of aromatic nitrogens is 2. The van der Waals surface area contributed by atoms with Gasteiger partial charge in [0.1, 0.15) is 5.58 Å². The van der Waals surface area contributed by atoms with Gasteiger partial charge in [-0.2, -0.15) is 5.10 Å². The van der Waals surface area contributed by atoms with Gasteiger partial charge in [-0.1, -0.05) is 18.2 Å². The third kappa shape index (κ3) is 4.08. The molecule has 0 spiro atoms. The van der Waals surface area contributed by atoms with Crippen LogP contribution < -0.4 is 10.5 Å². The van der Waals surface area contributed by atoms with Crippen molar-refractivity contribution >= 4 is 16.7 Å². The number of rotatable bonds is 2. The van der Waals surface area contributed by atoms with Crippen molar-refractivity contribution in [2.75, 3.05) is 18.0 Å². The van der Waals surface area contributed by atoms with Crippen molar-refractivity contribution < 1.29 is 9.52 Å². The summed E-state index contributed by atoms with van der Waals surface area (Å²) >= 11 is 0. The topological polar surface area (TPSA) is 79.5 Å². The van der Waals surface area contributed by atoms with E-state index in [0.29, 0.717) is 5.56 Å². The van der Waals surface area contributed by atoms with Crippen LogP contribution >= 0.6 is 0 Å². The summed E-state index contributed by atoms with van der Waals surface area (Å²) in [5.41, 5.74) is 12.1. The zero-order valence-corrected chi connectivity index (χ0v) is 22.8. The van der Waals surface area contributed by atoms with E-state index in [9.17, 15) is 9.90 Å². The van der Waals surface area contributed by atoms with Gasteiger partial charge in [-0.3, -0.25) is 0 Å². The lowest BCUT2D eigenvalue weighted by molar-refractivity contribution is 0.150. The summed E-state index contributed by atoms with van der Waals surface area (Å²) in [6.07, 6.45) is 8.20. The maximum absolute atomic E-state index is 13.6. The van der Waals surface area contributed by atoms with Crippen LogP contribution in [0.2, 0.25) is 0 Å². The van der Waals surface area contributed by atoms with Crippen molar-refractivity contribution in [3.05, 3.63) is 74.3 Å². The molecule has 200 valence electrons. The molecule has 6 nitrogen and oxygen atoms in total. The van der Waals surface area contributed by atoms with Crippen LogP contribution in [-0.4, -0.2) is 34.5 Å². The first-order valence-electron chi connectivity index (χ1n) is 14.5. The molecule has 2 aromatic carbocycles. The molecule has 0 fully saturated rings. The molecule has 1 N–H and O–H groups in total. The molecule has 1 aliphatic carbocycles. The van der Waals surface area contributed by atoms with E-state index in [0.717, 1.165) is 104 Å². The Bertz CT molecular complexity index is 1670. The molecule has 6 heteroatoms. The molecule has 4 aromatic rings. The van der Waals surface area contributed by atoms with E-state index in [4.69, 9.17) is 4.42 Å². The Morgan fingerprint density at radius 1 is 0.897 bits per heavy atom. The molecule has 7 rings (SSSR count). The molecular formula is C33H35N3O3. The lowest BCUT2D eigenvalue weighted by Crippen LogP contribution is -2.34. The predicted octanol–water partition coefficient (Wildman–Crippen LogP) is 5.86. The largest absolute Gasteiger partial charge is 0.422 e. The first-order chi connectivity index (χ1) is 19.0. The first kappa shape index (κ1) is 24.5. The highest BCUT2D eigenvalue weighted by Gasteiger charge is 2.28. The third-order valence-electron chi connectivity index (χ3n) is 9.15. The lowest BCUT2D eigenvalue weighted by Gasteiger charge is -2.37. The molecular weight excluding hydrogens is 486 g/mol. The van der Waals surface area contributed by atoms with Crippen LogP contribution in [-0.2, 0) is 25.7 Å². The van der Waals surface area contributed by atoms with E-state index in [2.05, 4.69) is 40.2 Å². The van der Waals surface area contributed by atoms with Crippen LogP contribution in [0.5, 0.6) is 0 Å². The number of hydrogen-bond donors (Lipinski definition) is 1. The summed E-state index contributed by atoms with van der Waals surface area (Å²) in [6.45, 7) is 6.25. The number of aliphatic hydroxyl groups is 1. The van der Waals surface area contributed by atoms with Crippen molar-refractivity contribution in [1.29, 1.82) is 0 Å². The van der Waals surface area contributed by atoms with Gasteiger partial charge in [-0.05, 0) is 112 Å². The van der Waals surface area contributed by atoms with E-state index in [-0.39, 0.29) is 11.7 Å². The van der Waals surface area contributed by atoms with Crippen LogP contribution in [0.4, 0.5) is 5.69 Å². The average Bonchev–Trinajstić information content (AvgIpc) is 2.93. The van der Waals surface area contributed by atoms with Crippen LogP contribution in [0.25, 0.3) is 33.4 Å². The monoisotopic (exact) mass is 521 g/mol. The van der Waals surface area contributed by atoms with E-state index < -0.39 is 0 Å². The van der Waals surface area contributed by atoms with Gasteiger partial charge in [-0.15, -0.1) is 5.10 Å². The Morgan fingerprint density at radius 2 is 1.69 bits per heavy atom. The van der Waals surface area contributed by atoms with Crippen molar-refractivity contribution in [3.63, 3.8) is 0 Å². The standard InChI is InChI=1S/C33H35N3O3/c1-19-28-18-23-9-5-15-36-16-6-12-27(31(23)36)32(28)39-33(38)29(19)21-7-3-8-22(17-21)30-26-11-4-10-24(37)13-14-25(26)20(2)34-35-30/h3,7-8,17-18,24,37H,4-6,9-16H2,1-2H3. The molecule has 0 saturated heterocycles.